The van der Waals surface area contributed by atoms with Gasteiger partial charge in [-0.05, 0) is 55.7 Å². The van der Waals surface area contributed by atoms with Crippen LogP contribution in [0, 0.1) is 28.6 Å². The fraction of sp³-hybridized carbons (Fsp3) is 0.320. The normalized spacial score (nSPS) is 16.1. The first-order chi connectivity index (χ1) is 15.3. The highest BCUT2D eigenvalue weighted by molar-refractivity contribution is 7.99. The average Bonchev–Trinajstić information content (AvgIpc) is 2.77. The Morgan fingerprint density at radius 2 is 1.78 bits per heavy atom. The van der Waals surface area contributed by atoms with E-state index in [0.29, 0.717) is 17.1 Å². The van der Waals surface area contributed by atoms with E-state index in [4.69, 9.17) is 9.47 Å². The van der Waals surface area contributed by atoms with E-state index in [1.807, 2.05) is 48.5 Å². The van der Waals surface area contributed by atoms with Gasteiger partial charge >= 0.3 is 6.09 Å². The summed E-state index contributed by atoms with van der Waals surface area (Å²) >= 11 is 1.64. The number of rotatable bonds is 4. The number of nitrogens with zero attached hydrogens (tertiary/aromatic N) is 2. The van der Waals surface area contributed by atoms with Gasteiger partial charge in [-0.15, -0.1) is 11.8 Å². The van der Waals surface area contributed by atoms with Crippen LogP contribution in [0.15, 0.2) is 59.0 Å². The number of nitrogens with one attached hydrogen (secondary N) is 1. The fourth-order valence-electron chi connectivity index (χ4n) is 3.67. The van der Waals surface area contributed by atoms with E-state index < -0.39 is 17.7 Å². The molecule has 1 amide bonds. The second kappa shape index (κ2) is 9.80. The second-order valence-electron chi connectivity index (χ2n) is 8.32. The first-order valence-electron chi connectivity index (χ1n) is 10.2. The minimum absolute atomic E-state index is 0.0484. The molecule has 0 fully saturated rings. The van der Waals surface area contributed by atoms with Crippen LogP contribution in [0.2, 0.25) is 0 Å². The molecule has 1 N–H and O–H groups in total. The van der Waals surface area contributed by atoms with Crippen molar-refractivity contribution in [3.63, 3.8) is 0 Å². The summed E-state index contributed by atoms with van der Waals surface area (Å²) in [6, 6.07) is 18.7. The number of carbonyl (C=O) groups excluding carboxylic acids is 1. The van der Waals surface area contributed by atoms with Crippen molar-refractivity contribution in [3.05, 3.63) is 65.2 Å². The van der Waals surface area contributed by atoms with Gasteiger partial charge in [0.05, 0.1) is 13.2 Å². The van der Waals surface area contributed by atoms with Gasteiger partial charge in [0, 0.05) is 16.6 Å². The molecule has 32 heavy (non-hydrogen) atoms. The summed E-state index contributed by atoms with van der Waals surface area (Å²) in [6.07, 6.45) is -0.558. The van der Waals surface area contributed by atoms with E-state index >= 15 is 0 Å². The molecule has 0 spiro atoms. The molecule has 6 nitrogen and oxygen atoms in total. The van der Waals surface area contributed by atoms with Crippen molar-refractivity contribution in [2.45, 2.75) is 37.3 Å². The molecule has 0 saturated carbocycles. The first-order valence-corrected chi connectivity index (χ1v) is 11.2. The predicted molar refractivity (Wildman–Crippen MR) is 124 cm³/mol. The van der Waals surface area contributed by atoms with Crippen LogP contribution in [0.5, 0.6) is 5.75 Å². The fourth-order valence-corrected chi connectivity index (χ4v) is 4.89. The molecule has 0 radical (unpaired) electrons. The molecule has 7 heteroatoms. The molecule has 0 saturated heterocycles. The van der Waals surface area contributed by atoms with E-state index in [9.17, 15) is 15.3 Å². The summed E-state index contributed by atoms with van der Waals surface area (Å²) in [7, 11) is 1.59. The number of amides is 1. The molecule has 0 aliphatic carbocycles. The number of nitriles is 2. The van der Waals surface area contributed by atoms with Gasteiger partial charge in [0.2, 0.25) is 0 Å². The highest BCUT2D eigenvalue weighted by atomic mass is 32.2. The van der Waals surface area contributed by atoms with Crippen molar-refractivity contribution in [3.8, 4) is 17.9 Å². The SMILES string of the molecule is COc1ccc([C@H](NC(=O)OC(C)(C)C)[C@H]2CSc3ccccc3C2=C(C#N)C#N)cc1. The Balaban J connectivity index is 2.11. The van der Waals surface area contributed by atoms with E-state index in [1.54, 1.807) is 39.6 Å². The van der Waals surface area contributed by atoms with Gasteiger partial charge in [-0.25, -0.2) is 4.79 Å². The standard InChI is InChI=1S/C25H25N3O3S/c1-25(2,3)31-24(29)28-23(16-9-11-18(30-4)12-10-16)20-15-32-21-8-6-5-7-19(21)22(20)17(13-26)14-27/h5-12,20,23H,15H2,1-4H3,(H,28,29)/t20-,23-/m0/s1. The van der Waals surface area contributed by atoms with Crippen molar-refractivity contribution in [1.82, 2.24) is 5.32 Å². The third kappa shape index (κ3) is 5.25. The smallest absolute Gasteiger partial charge is 0.408 e. The van der Waals surface area contributed by atoms with Crippen LogP contribution in [0.4, 0.5) is 4.79 Å². The van der Waals surface area contributed by atoms with Crippen LogP contribution < -0.4 is 10.1 Å². The zero-order valence-corrected chi connectivity index (χ0v) is 19.3. The molecule has 1 heterocycles. The predicted octanol–water partition coefficient (Wildman–Crippen LogP) is 5.48. The zero-order valence-electron chi connectivity index (χ0n) is 18.5. The number of alkyl carbamates (subject to hydrolysis) is 1. The summed E-state index contributed by atoms with van der Waals surface area (Å²) in [5, 5.41) is 22.4. The molecule has 1 aliphatic rings. The average molecular weight is 448 g/mol. The number of ether oxygens (including phenoxy) is 2. The Labute approximate surface area is 192 Å². The minimum Gasteiger partial charge on any atom is -0.497 e. The lowest BCUT2D eigenvalue weighted by Gasteiger charge is -2.35. The molecule has 0 aromatic heterocycles. The zero-order chi connectivity index (χ0) is 23.3. The van der Waals surface area contributed by atoms with Crippen molar-refractivity contribution < 1.29 is 14.3 Å². The third-order valence-corrected chi connectivity index (χ3v) is 6.20. The molecule has 0 bridgehead atoms. The number of fused-ring (bicyclic) bond motifs is 1. The lowest BCUT2D eigenvalue weighted by atomic mass is 9.82. The van der Waals surface area contributed by atoms with Gasteiger partial charge in [-0.1, -0.05) is 30.3 Å². The lowest BCUT2D eigenvalue weighted by Crippen LogP contribution is -2.39. The summed E-state index contributed by atoms with van der Waals surface area (Å²) in [6.45, 7) is 5.41. The summed E-state index contributed by atoms with van der Waals surface area (Å²) < 4.78 is 10.8. The number of allylic oxidation sites excluding steroid dienone is 1. The van der Waals surface area contributed by atoms with Crippen LogP contribution in [-0.2, 0) is 4.74 Å². The minimum atomic E-state index is -0.661. The van der Waals surface area contributed by atoms with Crippen LogP contribution in [-0.4, -0.2) is 24.6 Å². The molecular formula is C25H25N3O3S. The Morgan fingerprint density at radius 3 is 2.38 bits per heavy atom. The summed E-state index contributed by atoms with van der Waals surface area (Å²) in [4.78, 5) is 13.8. The lowest BCUT2D eigenvalue weighted by molar-refractivity contribution is 0.0495. The van der Waals surface area contributed by atoms with Gasteiger partial charge < -0.3 is 14.8 Å². The number of thioether (sulfide) groups is 1. The number of methoxy groups -OCH3 is 1. The second-order valence-corrected chi connectivity index (χ2v) is 9.38. The van der Waals surface area contributed by atoms with E-state index in [0.717, 1.165) is 16.0 Å². The molecule has 2 aromatic carbocycles. The van der Waals surface area contributed by atoms with Gasteiger partial charge in [-0.3, -0.25) is 0 Å². The van der Waals surface area contributed by atoms with Crippen molar-refractivity contribution >= 4 is 23.4 Å². The van der Waals surface area contributed by atoms with Crippen LogP contribution in [0.25, 0.3) is 5.57 Å². The van der Waals surface area contributed by atoms with Gasteiger partial charge in [-0.2, -0.15) is 10.5 Å². The monoisotopic (exact) mass is 447 g/mol. The summed E-state index contributed by atoms with van der Waals surface area (Å²) in [5.74, 6) is 0.967. The number of carbonyl (C=O) groups is 1. The van der Waals surface area contributed by atoms with Gasteiger partial charge in [0.25, 0.3) is 0 Å². The first kappa shape index (κ1) is 23.2. The van der Waals surface area contributed by atoms with Gasteiger partial charge in [0.15, 0.2) is 0 Å². The van der Waals surface area contributed by atoms with Crippen molar-refractivity contribution in [1.29, 1.82) is 10.5 Å². The Bertz CT molecular complexity index is 1090. The van der Waals surface area contributed by atoms with Gasteiger partial charge in [0.1, 0.15) is 29.1 Å². The summed E-state index contributed by atoms with van der Waals surface area (Å²) in [5.41, 5.74) is 1.70. The Hall–Kier alpha value is -3.42. The highest BCUT2D eigenvalue weighted by Gasteiger charge is 2.36. The maximum atomic E-state index is 12.8. The largest absolute Gasteiger partial charge is 0.497 e. The van der Waals surface area contributed by atoms with Crippen LogP contribution in [0.1, 0.15) is 37.9 Å². The van der Waals surface area contributed by atoms with Crippen molar-refractivity contribution in [2.75, 3.05) is 12.9 Å². The molecule has 2 atom stereocenters. The third-order valence-electron chi connectivity index (χ3n) is 5.01. The van der Waals surface area contributed by atoms with Crippen molar-refractivity contribution in [2.24, 2.45) is 5.92 Å². The van der Waals surface area contributed by atoms with Crippen LogP contribution in [0.3, 0.4) is 0 Å². The molecule has 3 rings (SSSR count). The number of benzene rings is 2. The molecule has 2 aromatic rings. The highest BCUT2D eigenvalue weighted by Crippen LogP contribution is 2.46. The molecular weight excluding hydrogens is 422 g/mol. The van der Waals surface area contributed by atoms with Crippen LogP contribution >= 0.6 is 11.8 Å². The number of hydrogen-bond acceptors (Lipinski definition) is 6. The maximum absolute atomic E-state index is 12.8. The Kier molecular flexibility index (Phi) is 7.12. The number of hydrogen-bond donors (Lipinski definition) is 1. The van der Waals surface area contributed by atoms with E-state index in [2.05, 4.69) is 17.5 Å². The van der Waals surface area contributed by atoms with E-state index in [1.165, 1.54) is 0 Å². The topological polar surface area (TPSA) is 95.1 Å². The van der Waals surface area contributed by atoms with E-state index in [-0.39, 0.29) is 11.5 Å². The quantitative estimate of drug-likeness (QED) is 0.623. The molecule has 164 valence electrons. The Morgan fingerprint density at radius 1 is 1.12 bits per heavy atom. The molecule has 0 unspecified atom stereocenters. The maximum Gasteiger partial charge on any atom is 0.408 e. The molecule has 1 aliphatic heterocycles.